The molecule has 1 N–H and O–H groups in total. The van der Waals surface area contributed by atoms with E-state index in [2.05, 4.69) is 21.2 Å². The van der Waals surface area contributed by atoms with Crippen LogP contribution >= 0.6 is 15.9 Å². The van der Waals surface area contributed by atoms with Crippen molar-refractivity contribution < 1.29 is 4.79 Å². The van der Waals surface area contributed by atoms with Crippen LogP contribution in [0.2, 0.25) is 0 Å². The van der Waals surface area contributed by atoms with Gasteiger partial charge in [0, 0.05) is 24.9 Å². The fourth-order valence-corrected chi connectivity index (χ4v) is 2.40. The van der Waals surface area contributed by atoms with Crippen molar-refractivity contribution in [2.24, 2.45) is 11.8 Å². The van der Waals surface area contributed by atoms with Crippen molar-refractivity contribution in [2.45, 2.75) is 33.2 Å². The third-order valence-corrected chi connectivity index (χ3v) is 3.97. The monoisotopic (exact) mass is 312 g/mol. The van der Waals surface area contributed by atoms with Gasteiger partial charge in [-0.05, 0) is 41.6 Å². The Morgan fingerprint density at radius 1 is 1.56 bits per heavy atom. The molecule has 0 aliphatic heterocycles. The average molecular weight is 313 g/mol. The van der Waals surface area contributed by atoms with Gasteiger partial charge in [0.2, 0.25) is 11.3 Å². The van der Waals surface area contributed by atoms with Crippen LogP contribution in [0.5, 0.6) is 0 Å². The third-order valence-electron chi connectivity index (χ3n) is 3.40. The maximum Gasteiger partial charge on any atom is 0.227 e. The van der Waals surface area contributed by atoms with Crippen molar-refractivity contribution in [2.75, 3.05) is 5.32 Å². The number of nitrogens with one attached hydrogen (secondary N) is 1. The van der Waals surface area contributed by atoms with Crippen LogP contribution < -0.4 is 10.7 Å². The van der Waals surface area contributed by atoms with E-state index in [1.54, 1.807) is 12.4 Å². The molecule has 1 amide bonds. The zero-order valence-corrected chi connectivity index (χ0v) is 12.2. The quantitative estimate of drug-likeness (QED) is 0.929. The van der Waals surface area contributed by atoms with E-state index in [4.69, 9.17) is 0 Å². The molecule has 0 unspecified atom stereocenters. The number of anilines is 1. The van der Waals surface area contributed by atoms with Crippen molar-refractivity contribution in [3.05, 3.63) is 27.1 Å². The second-order valence-corrected chi connectivity index (χ2v) is 5.65. The van der Waals surface area contributed by atoms with Gasteiger partial charge < -0.3 is 9.88 Å². The lowest BCUT2D eigenvalue weighted by Crippen LogP contribution is -2.26. The van der Waals surface area contributed by atoms with Gasteiger partial charge in [0.1, 0.15) is 5.69 Å². The van der Waals surface area contributed by atoms with Crippen molar-refractivity contribution >= 4 is 27.5 Å². The lowest BCUT2D eigenvalue weighted by atomic mass is 10.1. The van der Waals surface area contributed by atoms with Crippen molar-refractivity contribution in [1.82, 2.24) is 4.57 Å². The molecule has 1 aliphatic carbocycles. The Morgan fingerprint density at radius 3 is 2.78 bits per heavy atom. The Balaban J connectivity index is 2.19. The van der Waals surface area contributed by atoms with E-state index in [0.717, 1.165) is 19.4 Å². The average Bonchev–Trinajstić information content (AvgIpc) is 3.17. The van der Waals surface area contributed by atoms with E-state index in [1.807, 2.05) is 18.4 Å². The molecule has 1 fully saturated rings. The standard InChI is InChI=1S/C13H17BrN2O2/c1-3-16-6-10(14)12(17)11(7-16)15-13(18)8(2)9-4-5-9/h6-9H,3-5H2,1-2H3,(H,15,18)/t8-/m1/s1. The molecule has 0 bridgehead atoms. The van der Waals surface area contributed by atoms with E-state index in [9.17, 15) is 9.59 Å². The number of pyridine rings is 1. The van der Waals surface area contributed by atoms with Gasteiger partial charge in [-0.15, -0.1) is 0 Å². The highest BCUT2D eigenvalue weighted by Crippen LogP contribution is 2.36. The van der Waals surface area contributed by atoms with Gasteiger partial charge in [0.05, 0.1) is 4.47 Å². The molecule has 0 aromatic carbocycles. The molecule has 1 saturated carbocycles. The van der Waals surface area contributed by atoms with Crippen LogP contribution in [0.1, 0.15) is 26.7 Å². The summed E-state index contributed by atoms with van der Waals surface area (Å²) in [6.07, 6.45) is 5.64. The Morgan fingerprint density at radius 2 is 2.22 bits per heavy atom. The molecule has 5 heteroatoms. The van der Waals surface area contributed by atoms with Gasteiger partial charge >= 0.3 is 0 Å². The summed E-state index contributed by atoms with van der Waals surface area (Å²) in [5.41, 5.74) is 0.180. The summed E-state index contributed by atoms with van der Waals surface area (Å²) in [5, 5.41) is 2.74. The molecule has 0 spiro atoms. The zero-order chi connectivity index (χ0) is 13.3. The fraction of sp³-hybridized carbons (Fsp3) is 0.538. The van der Waals surface area contributed by atoms with Crippen molar-refractivity contribution in [1.29, 1.82) is 0 Å². The van der Waals surface area contributed by atoms with Gasteiger partial charge in [-0.3, -0.25) is 9.59 Å². The lowest BCUT2D eigenvalue weighted by molar-refractivity contribution is -0.119. The highest BCUT2D eigenvalue weighted by atomic mass is 79.9. The van der Waals surface area contributed by atoms with Crippen molar-refractivity contribution in [3.63, 3.8) is 0 Å². The van der Waals surface area contributed by atoms with Gasteiger partial charge in [-0.25, -0.2) is 0 Å². The van der Waals surface area contributed by atoms with Crippen LogP contribution in [0, 0.1) is 11.8 Å². The molecule has 4 nitrogen and oxygen atoms in total. The first kappa shape index (κ1) is 13.3. The minimum Gasteiger partial charge on any atom is -0.351 e. The summed E-state index contributed by atoms with van der Waals surface area (Å²) in [4.78, 5) is 23.9. The number of carbonyl (C=O) groups excluding carboxylic acids is 1. The topological polar surface area (TPSA) is 51.1 Å². The minimum absolute atomic E-state index is 0.0153. The second-order valence-electron chi connectivity index (χ2n) is 4.79. The normalized spacial score (nSPS) is 16.4. The van der Waals surface area contributed by atoms with Crippen LogP contribution in [-0.2, 0) is 11.3 Å². The highest BCUT2D eigenvalue weighted by molar-refractivity contribution is 9.10. The van der Waals surface area contributed by atoms with Crippen LogP contribution in [0.3, 0.4) is 0 Å². The molecular formula is C13H17BrN2O2. The highest BCUT2D eigenvalue weighted by Gasteiger charge is 2.32. The predicted octanol–water partition coefficient (Wildman–Crippen LogP) is 2.62. The molecule has 1 aliphatic rings. The smallest absolute Gasteiger partial charge is 0.227 e. The van der Waals surface area contributed by atoms with Crippen LogP contribution in [0.15, 0.2) is 21.7 Å². The number of halogens is 1. The van der Waals surface area contributed by atoms with Crippen LogP contribution in [0.4, 0.5) is 5.69 Å². The number of nitrogens with zero attached hydrogens (tertiary/aromatic N) is 1. The molecule has 98 valence electrons. The maximum absolute atomic E-state index is 12.0. The van der Waals surface area contributed by atoms with Crippen LogP contribution in [0.25, 0.3) is 0 Å². The van der Waals surface area contributed by atoms with E-state index < -0.39 is 0 Å². The number of aromatic nitrogens is 1. The van der Waals surface area contributed by atoms with Crippen LogP contribution in [-0.4, -0.2) is 10.5 Å². The number of amides is 1. The minimum atomic E-state index is -0.170. The number of aryl methyl sites for hydroxylation is 1. The van der Waals surface area contributed by atoms with E-state index in [-0.39, 0.29) is 17.3 Å². The number of carbonyl (C=O) groups is 1. The van der Waals surface area contributed by atoms with Gasteiger partial charge in [0.25, 0.3) is 0 Å². The molecule has 1 aromatic heterocycles. The van der Waals surface area contributed by atoms with Gasteiger partial charge in [-0.1, -0.05) is 6.92 Å². The first-order valence-corrected chi connectivity index (χ1v) is 7.02. The first-order valence-electron chi connectivity index (χ1n) is 6.23. The summed E-state index contributed by atoms with van der Waals surface area (Å²) < 4.78 is 2.34. The first-order chi connectivity index (χ1) is 8.52. The third kappa shape index (κ3) is 2.83. The van der Waals surface area contributed by atoms with E-state index >= 15 is 0 Å². The molecule has 1 atom stereocenters. The Labute approximate surface area is 115 Å². The summed E-state index contributed by atoms with van der Waals surface area (Å²) in [6, 6.07) is 0. The summed E-state index contributed by atoms with van der Waals surface area (Å²) in [7, 11) is 0. The summed E-state index contributed by atoms with van der Waals surface area (Å²) in [6.45, 7) is 4.65. The molecular weight excluding hydrogens is 296 g/mol. The second kappa shape index (κ2) is 5.26. The maximum atomic E-state index is 12.0. The fourth-order valence-electron chi connectivity index (χ4n) is 1.92. The SMILES string of the molecule is CCn1cc(Br)c(=O)c(NC(=O)[C@H](C)C2CC2)c1. The molecule has 1 aromatic rings. The Hall–Kier alpha value is -1.10. The largest absolute Gasteiger partial charge is 0.351 e. The number of hydrogen-bond acceptors (Lipinski definition) is 2. The predicted molar refractivity (Wildman–Crippen MR) is 74.6 cm³/mol. The van der Waals surface area contributed by atoms with Gasteiger partial charge in [-0.2, -0.15) is 0 Å². The summed E-state index contributed by atoms with van der Waals surface area (Å²) in [5.74, 6) is 0.416. The Bertz CT molecular complexity index is 520. The summed E-state index contributed by atoms with van der Waals surface area (Å²) >= 11 is 3.22. The number of rotatable bonds is 4. The van der Waals surface area contributed by atoms with E-state index in [0.29, 0.717) is 16.1 Å². The zero-order valence-electron chi connectivity index (χ0n) is 10.6. The van der Waals surface area contributed by atoms with Gasteiger partial charge in [0.15, 0.2) is 0 Å². The molecule has 2 rings (SSSR count). The lowest BCUT2D eigenvalue weighted by Gasteiger charge is -2.12. The molecule has 0 saturated heterocycles. The molecule has 18 heavy (non-hydrogen) atoms. The Kier molecular flexibility index (Phi) is 3.90. The molecule has 1 heterocycles. The molecule has 0 radical (unpaired) electrons. The van der Waals surface area contributed by atoms with Crippen molar-refractivity contribution in [3.8, 4) is 0 Å². The number of hydrogen-bond donors (Lipinski definition) is 1. The van der Waals surface area contributed by atoms with E-state index in [1.165, 1.54) is 0 Å².